The molecule has 0 radical (unpaired) electrons. The van der Waals surface area contributed by atoms with E-state index in [9.17, 15) is 4.79 Å². The van der Waals surface area contributed by atoms with Gasteiger partial charge in [0.1, 0.15) is 5.75 Å². The molecule has 1 N–H and O–H groups in total. The summed E-state index contributed by atoms with van der Waals surface area (Å²) in [5, 5.41) is 3.16. The molecule has 0 saturated heterocycles. The number of benzene rings is 1. The molecule has 1 aromatic carbocycles. The number of carbonyl (C=O) groups is 1. The number of carbonyl (C=O) groups excluding carboxylic acids is 1. The highest BCUT2D eigenvalue weighted by Crippen LogP contribution is 2.16. The first-order chi connectivity index (χ1) is 9.19. The molecule has 0 heterocycles. The normalized spacial score (nSPS) is 10.3. The first-order valence-corrected chi connectivity index (χ1v) is 6.75. The van der Waals surface area contributed by atoms with Crippen molar-refractivity contribution in [2.75, 3.05) is 27.2 Å². The molecule has 0 fully saturated rings. The number of amides is 1. The molecule has 106 valence electrons. The molecular formula is C15H24N2O2. The van der Waals surface area contributed by atoms with Gasteiger partial charge < -0.3 is 15.0 Å². The molecule has 0 bridgehead atoms. The lowest BCUT2D eigenvalue weighted by atomic mass is 10.2. The zero-order valence-corrected chi connectivity index (χ0v) is 12.1. The third-order valence-corrected chi connectivity index (χ3v) is 3.06. The van der Waals surface area contributed by atoms with Crippen LogP contribution in [0.15, 0.2) is 24.3 Å². The largest absolute Gasteiger partial charge is 0.496 e. The molecule has 0 aliphatic carbocycles. The fraction of sp³-hybridized carbons (Fsp3) is 0.533. The molecule has 0 aromatic heterocycles. The van der Waals surface area contributed by atoms with E-state index in [1.807, 2.05) is 31.3 Å². The molecule has 1 amide bonds. The van der Waals surface area contributed by atoms with Crippen molar-refractivity contribution in [3.05, 3.63) is 29.8 Å². The minimum absolute atomic E-state index is 0.128. The SMILES string of the molecule is CCCCN(C)C(=O)CNCc1ccccc1OC. The van der Waals surface area contributed by atoms with E-state index in [4.69, 9.17) is 4.74 Å². The Balaban J connectivity index is 2.35. The van der Waals surface area contributed by atoms with Gasteiger partial charge >= 0.3 is 0 Å². The molecule has 0 aliphatic heterocycles. The second kappa shape index (κ2) is 8.53. The summed E-state index contributed by atoms with van der Waals surface area (Å²) in [7, 11) is 3.51. The summed E-state index contributed by atoms with van der Waals surface area (Å²) in [5.41, 5.74) is 1.06. The van der Waals surface area contributed by atoms with Crippen LogP contribution in [0.2, 0.25) is 0 Å². The maximum Gasteiger partial charge on any atom is 0.236 e. The average Bonchev–Trinajstić information content (AvgIpc) is 2.45. The monoisotopic (exact) mass is 264 g/mol. The van der Waals surface area contributed by atoms with E-state index >= 15 is 0 Å². The van der Waals surface area contributed by atoms with Gasteiger partial charge in [0.25, 0.3) is 0 Å². The van der Waals surface area contributed by atoms with E-state index in [0.717, 1.165) is 30.7 Å². The molecule has 19 heavy (non-hydrogen) atoms. The van der Waals surface area contributed by atoms with E-state index in [1.54, 1.807) is 12.0 Å². The lowest BCUT2D eigenvalue weighted by Gasteiger charge is -2.17. The Hall–Kier alpha value is -1.55. The van der Waals surface area contributed by atoms with Gasteiger partial charge in [0.05, 0.1) is 13.7 Å². The number of rotatable bonds is 8. The van der Waals surface area contributed by atoms with Gasteiger partial charge in [0.2, 0.25) is 5.91 Å². The van der Waals surface area contributed by atoms with Gasteiger partial charge in [-0.1, -0.05) is 31.5 Å². The summed E-state index contributed by atoms with van der Waals surface area (Å²) in [6.07, 6.45) is 2.15. The Labute approximate surface area is 115 Å². The predicted molar refractivity (Wildman–Crippen MR) is 77.2 cm³/mol. The van der Waals surface area contributed by atoms with Gasteiger partial charge in [-0.3, -0.25) is 4.79 Å². The maximum absolute atomic E-state index is 11.8. The Morgan fingerprint density at radius 1 is 1.37 bits per heavy atom. The molecular weight excluding hydrogens is 240 g/mol. The Kier molecular flexibility index (Phi) is 6.97. The van der Waals surface area contributed by atoms with Crippen molar-refractivity contribution in [1.29, 1.82) is 0 Å². The van der Waals surface area contributed by atoms with Crippen LogP contribution in [0.5, 0.6) is 5.75 Å². The number of hydrogen-bond donors (Lipinski definition) is 1. The maximum atomic E-state index is 11.8. The fourth-order valence-electron chi connectivity index (χ4n) is 1.81. The minimum Gasteiger partial charge on any atom is -0.496 e. The number of hydrogen-bond acceptors (Lipinski definition) is 3. The lowest BCUT2D eigenvalue weighted by molar-refractivity contribution is -0.129. The molecule has 0 unspecified atom stereocenters. The summed E-state index contributed by atoms with van der Waals surface area (Å²) in [6, 6.07) is 7.82. The fourth-order valence-corrected chi connectivity index (χ4v) is 1.81. The lowest BCUT2D eigenvalue weighted by Crippen LogP contribution is -2.35. The Morgan fingerprint density at radius 3 is 2.79 bits per heavy atom. The molecule has 1 rings (SSSR count). The zero-order chi connectivity index (χ0) is 14.1. The van der Waals surface area contributed by atoms with E-state index in [2.05, 4.69) is 12.2 Å². The number of unbranched alkanes of at least 4 members (excludes halogenated alkanes) is 1. The number of ether oxygens (including phenoxy) is 1. The molecule has 1 aromatic rings. The van der Waals surface area contributed by atoms with Crippen LogP contribution in [0.3, 0.4) is 0 Å². The third kappa shape index (κ3) is 5.30. The van der Waals surface area contributed by atoms with Crippen molar-refractivity contribution in [2.45, 2.75) is 26.3 Å². The highest BCUT2D eigenvalue weighted by atomic mass is 16.5. The Bertz CT molecular complexity index is 393. The topological polar surface area (TPSA) is 41.6 Å². The molecule has 0 aliphatic rings. The van der Waals surface area contributed by atoms with Crippen LogP contribution in [0, 0.1) is 0 Å². The van der Waals surface area contributed by atoms with Crippen LogP contribution in [0.1, 0.15) is 25.3 Å². The first-order valence-electron chi connectivity index (χ1n) is 6.75. The van der Waals surface area contributed by atoms with E-state index in [0.29, 0.717) is 13.1 Å². The van der Waals surface area contributed by atoms with E-state index < -0.39 is 0 Å². The van der Waals surface area contributed by atoms with Crippen LogP contribution >= 0.6 is 0 Å². The van der Waals surface area contributed by atoms with Crippen molar-refractivity contribution in [2.24, 2.45) is 0 Å². The average molecular weight is 264 g/mol. The van der Waals surface area contributed by atoms with Crippen LogP contribution in [0.4, 0.5) is 0 Å². The third-order valence-electron chi connectivity index (χ3n) is 3.06. The second-order valence-electron chi connectivity index (χ2n) is 4.58. The van der Waals surface area contributed by atoms with Gasteiger partial charge in [-0.25, -0.2) is 0 Å². The Morgan fingerprint density at radius 2 is 2.11 bits per heavy atom. The number of likely N-dealkylation sites (N-methyl/N-ethyl adjacent to an activating group) is 1. The van der Waals surface area contributed by atoms with Crippen molar-refractivity contribution in [3.8, 4) is 5.75 Å². The van der Waals surface area contributed by atoms with E-state index in [1.165, 1.54) is 0 Å². The first kappa shape index (κ1) is 15.5. The van der Waals surface area contributed by atoms with E-state index in [-0.39, 0.29) is 5.91 Å². The summed E-state index contributed by atoms with van der Waals surface area (Å²) in [4.78, 5) is 13.6. The van der Waals surface area contributed by atoms with Crippen molar-refractivity contribution in [1.82, 2.24) is 10.2 Å². The molecule has 4 nitrogen and oxygen atoms in total. The number of para-hydroxylation sites is 1. The van der Waals surface area contributed by atoms with Gasteiger partial charge in [-0.05, 0) is 12.5 Å². The standard InChI is InChI=1S/C15H24N2O2/c1-4-5-10-17(2)15(18)12-16-11-13-8-6-7-9-14(13)19-3/h6-9,16H,4-5,10-12H2,1-3H3. The van der Waals surface area contributed by atoms with Crippen molar-refractivity contribution >= 4 is 5.91 Å². The molecule has 0 atom stereocenters. The molecule has 0 saturated carbocycles. The van der Waals surface area contributed by atoms with Crippen LogP contribution in [-0.4, -0.2) is 38.1 Å². The van der Waals surface area contributed by atoms with Gasteiger partial charge in [0, 0.05) is 25.7 Å². The highest BCUT2D eigenvalue weighted by Gasteiger charge is 2.08. The zero-order valence-electron chi connectivity index (χ0n) is 12.1. The summed E-state index contributed by atoms with van der Waals surface area (Å²) in [6.45, 7) is 3.94. The minimum atomic E-state index is 0.128. The molecule has 0 spiro atoms. The van der Waals surface area contributed by atoms with Crippen LogP contribution < -0.4 is 10.1 Å². The summed E-state index contributed by atoms with van der Waals surface area (Å²) < 4.78 is 5.27. The smallest absolute Gasteiger partial charge is 0.236 e. The number of methoxy groups -OCH3 is 1. The van der Waals surface area contributed by atoms with Gasteiger partial charge in [-0.2, -0.15) is 0 Å². The quantitative estimate of drug-likeness (QED) is 0.781. The predicted octanol–water partition coefficient (Wildman–Crippen LogP) is 2.04. The van der Waals surface area contributed by atoms with Gasteiger partial charge in [0.15, 0.2) is 0 Å². The van der Waals surface area contributed by atoms with Crippen molar-refractivity contribution < 1.29 is 9.53 Å². The summed E-state index contributed by atoms with van der Waals surface area (Å²) >= 11 is 0. The number of nitrogens with zero attached hydrogens (tertiary/aromatic N) is 1. The summed E-state index contributed by atoms with van der Waals surface area (Å²) in [5.74, 6) is 0.977. The van der Waals surface area contributed by atoms with Crippen LogP contribution in [-0.2, 0) is 11.3 Å². The molecule has 4 heteroatoms. The number of nitrogens with one attached hydrogen (secondary N) is 1. The highest BCUT2D eigenvalue weighted by molar-refractivity contribution is 5.77. The second-order valence-corrected chi connectivity index (χ2v) is 4.58. The van der Waals surface area contributed by atoms with Gasteiger partial charge in [-0.15, -0.1) is 0 Å². The van der Waals surface area contributed by atoms with Crippen LogP contribution in [0.25, 0.3) is 0 Å². The van der Waals surface area contributed by atoms with Crippen molar-refractivity contribution in [3.63, 3.8) is 0 Å².